The van der Waals surface area contributed by atoms with Gasteiger partial charge in [0.15, 0.2) is 0 Å². The molecule has 0 saturated carbocycles. The number of nitrogens with one attached hydrogen (secondary N) is 1. The number of ether oxygens (including phenoxy) is 1. The molecule has 3 rings (SSSR count). The summed E-state index contributed by atoms with van der Waals surface area (Å²) in [6.07, 6.45) is 1.37. The van der Waals surface area contributed by atoms with Gasteiger partial charge in [-0.3, -0.25) is 4.79 Å². The number of aryl methyl sites for hydroxylation is 2. The lowest BCUT2D eigenvalue weighted by atomic mass is 10.2. The quantitative estimate of drug-likeness (QED) is 0.712. The predicted octanol–water partition coefficient (Wildman–Crippen LogP) is 2.92. The van der Waals surface area contributed by atoms with Crippen LogP contribution in [-0.2, 0) is 10.0 Å². The average molecular weight is 399 g/mol. The fraction of sp³-hybridized carbons (Fsp3) is 0.200. The maximum atomic E-state index is 12.6. The summed E-state index contributed by atoms with van der Waals surface area (Å²) < 4.78 is 34.1. The van der Waals surface area contributed by atoms with E-state index < -0.39 is 15.9 Å². The molecule has 1 aromatic heterocycles. The molecule has 1 N–H and O–H groups in total. The molecule has 0 radical (unpaired) electrons. The van der Waals surface area contributed by atoms with Gasteiger partial charge in [0.25, 0.3) is 15.9 Å². The summed E-state index contributed by atoms with van der Waals surface area (Å²) in [5.41, 5.74) is 3.21. The molecule has 1 heterocycles. The highest BCUT2D eigenvalue weighted by Gasteiger charge is 2.23. The minimum atomic E-state index is -4.03. The van der Waals surface area contributed by atoms with Gasteiger partial charge >= 0.3 is 0 Å². The largest absolute Gasteiger partial charge is 0.496 e. The second-order valence-corrected chi connectivity index (χ2v) is 8.09. The number of carbonyl (C=O) groups is 1. The lowest BCUT2D eigenvalue weighted by molar-refractivity contribution is 0.0981. The number of amides is 1. The van der Waals surface area contributed by atoms with Crippen LogP contribution in [0.3, 0.4) is 0 Å². The Balaban J connectivity index is 1.89. The van der Waals surface area contributed by atoms with E-state index in [0.29, 0.717) is 17.0 Å². The Hall–Kier alpha value is -3.13. The highest BCUT2D eigenvalue weighted by molar-refractivity contribution is 7.90. The summed E-state index contributed by atoms with van der Waals surface area (Å²) in [6, 6.07) is 12.0. The Morgan fingerprint density at radius 2 is 1.79 bits per heavy atom. The first-order valence-corrected chi connectivity index (χ1v) is 10.1. The molecule has 0 atom stereocenters. The predicted molar refractivity (Wildman–Crippen MR) is 105 cm³/mol. The lowest BCUT2D eigenvalue weighted by Crippen LogP contribution is -2.31. The van der Waals surface area contributed by atoms with E-state index in [2.05, 4.69) is 9.82 Å². The number of methoxy groups -OCH3 is 1. The van der Waals surface area contributed by atoms with E-state index in [0.717, 1.165) is 11.3 Å². The maximum absolute atomic E-state index is 12.6. The third-order valence-electron chi connectivity index (χ3n) is 4.50. The van der Waals surface area contributed by atoms with Crippen molar-refractivity contribution in [1.82, 2.24) is 14.5 Å². The van der Waals surface area contributed by atoms with Crippen LogP contribution in [-0.4, -0.2) is 31.2 Å². The Morgan fingerprint density at radius 3 is 2.43 bits per heavy atom. The molecule has 0 aliphatic carbocycles. The fourth-order valence-electron chi connectivity index (χ4n) is 2.93. The summed E-state index contributed by atoms with van der Waals surface area (Å²) in [6.45, 7) is 5.39. The molecule has 146 valence electrons. The van der Waals surface area contributed by atoms with E-state index >= 15 is 0 Å². The summed E-state index contributed by atoms with van der Waals surface area (Å²) in [5.74, 6) is -0.161. The third-order valence-corrected chi connectivity index (χ3v) is 5.83. The van der Waals surface area contributed by atoms with Gasteiger partial charge in [-0.1, -0.05) is 18.2 Å². The van der Waals surface area contributed by atoms with Crippen LogP contribution >= 0.6 is 0 Å². The van der Waals surface area contributed by atoms with Gasteiger partial charge in [0, 0.05) is 0 Å². The van der Waals surface area contributed by atoms with Crippen LogP contribution in [0, 0.1) is 20.8 Å². The molecule has 3 aromatic rings. The number of carbonyl (C=O) groups excluding carboxylic acids is 1. The molecule has 2 aromatic carbocycles. The Morgan fingerprint density at radius 1 is 1.07 bits per heavy atom. The molecule has 7 nitrogen and oxygen atoms in total. The molecular weight excluding hydrogens is 378 g/mol. The van der Waals surface area contributed by atoms with Crippen LogP contribution in [0.1, 0.15) is 27.2 Å². The Labute approximate surface area is 164 Å². The van der Waals surface area contributed by atoms with Crippen molar-refractivity contribution < 1.29 is 17.9 Å². The van der Waals surface area contributed by atoms with E-state index in [1.165, 1.54) is 25.4 Å². The van der Waals surface area contributed by atoms with Crippen molar-refractivity contribution in [2.45, 2.75) is 25.7 Å². The lowest BCUT2D eigenvalue weighted by Gasteiger charge is -2.10. The normalized spacial score (nSPS) is 11.3. The summed E-state index contributed by atoms with van der Waals surface area (Å²) in [4.78, 5) is 12.6. The highest BCUT2D eigenvalue weighted by Crippen LogP contribution is 2.22. The fourth-order valence-corrected chi connectivity index (χ4v) is 3.98. The highest BCUT2D eigenvalue weighted by atomic mass is 32.2. The van der Waals surface area contributed by atoms with Gasteiger partial charge in [0.05, 0.1) is 35.1 Å². The molecule has 0 bridgehead atoms. The number of rotatable bonds is 5. The van der Waals surface area contributed by atoms with Crippen LogP contribution in [0.25, 0.3) is 5.69 Å². The molecule has 0 aliphatic rings. The van der Waals surface area contributed by atoms with Crippen molar-refractivity contribution >= 4 is 15.9 Å². The van der Waals surface area contributed by atoms with Crippen LogP contribution in [0.5, 0.6) is 5.75 Å². The molecule has 0 unspecified atom stereocenters. The van der Waals surface area contributed by atoms with Crippen molar-refractivity contribution in [3.63, 3.8) is 0 Å². The zero-order valence-electron chi connectivity index (χ0n) is 16.1. The minimum Gasteiger partial charge on any atom is -0.496 e. The molecule has 0 fully saturated rings. The van der Waals surface area contributed by atoms with Crippen molar-refractivity contribution in [3.05, 3.63) is 71.0 Å². The number of benzene rings is 2. The van der Waals surface area contributed by atoms with E-state index in [4.69, 9.17) is 4.74 Å². The van der Waals surface area contributed by atoms with Gasteiger partial charge in [-0.05, 0) is 56.2 Å². The molecule has 0 spiro atoms. The van der Waals surface area contributed by atoms with E-state index in [1.54, 1.807) is 24.6 Å². The second-order valence-electron chi connectivity index (χ2n) is 6.41. The summed E-state index contributed by atoms with van der Waals surface area (Å²) in [5, 5.41) is 4.25. The third kappa shape index (κ3) is 3.63. The van der Waals surface area contributed by atoms with Crippen LogP contribution < -0.4 is 9.46 Å². The van der Waals surface area contributed by atoms with Crippen molar-refractivity contribution in [2.24, 2.45) is 0 Å². The zero-order chi connectivity index (χ0) is 20.5. The van der Waals surface area contributed by atoms with Crippen LogP contribution in [0.4, 0.5) is 0 Å². The summed E-state index contributed by atoms with van der Waals surface area (Å²) >= 11 is 0. The van der Waals surface area contributed by atoms with Crippen LogP contribution in [0.2, 0.25) is 0 Å². The molecular formula is C20H21N3O4S. The van der Waals surface area contributed by atoms with E-state index in [1.807, 2.05) is 31.2 Å². The van der Waals surface area contributed by atoms with E-state index in [9.17, 15) is 13.2 Å². The molecule has 1 amide bonds. The first kappa shape index (κ1) is 19.6. The van der Waals surface area contributed by atoms with Crippen molar-refractivity contribution in [3.8, 4) is 11.4 Å². The van der Waals surface area contributed by atoms with Crippen LogP contribution in [0.15, 0.2) is 53.6 Å². The topological polar surface area (TPSA) is 90.3 Å². The van der Waals surface area contributed by atoms with Crippen molar-refractivity contribution in [1.29, 1.82) is 0 Å². The number of hydrogen-bond acceptors (Lipinski definition) is 5. The number of aromatic nitrogens is 2. The maximum Gasteiger partial charge on any atom is 0.268 e. The minimum absolute atomic E-state index is 0.0110. The first-order chi connectivity index (χ1) is 13.2. The van der Waals surface area contributed by atoms with Crippen molar-refractivity contribution in [2.75, 3.05) is 7.11 Å². The van der Waals surface area contributed by atoms with Gasteiger partial charge in [-0.25, -0.2) is 17.8 Å². The van der Waals surface area contributed by atoms with Gasteiger partial charge in [-0.2, -0.15) is 5.10 Å². The average Bonchev–Trinajstić information content (AvgIpc) is 3.03. The zero-order valence-corrected chi connectivity index (χ0v) is 16.9. The Kier molecular flexibility index (Phi) is 5.24. The molecule has 28 heavy (non-hydrogen) atoms. The molecule has 8 heteroatoms. The monoisotopic (exact) mass is 399 g/mol. The smallest absolute Gasteiger partial charge is 0.268 e. The molecule has 0 saturated heterocycles. The molecule has 0 aliphatic heterocycles. The van der Waals surface area contributed by atoms with Gasteiger partial charge < -0.3 is 4.74 Å². The standard InChI is InChI=1S/C20H21N3O4S/c1-13-7-5-6-8-18(13)23-15(3)17(12-21-23)20(24)22-28(25,26)16-9-10-19(27-4)14(2)11-16/h5-12H,1-4H3,(H,22,24). The van der Waals surface area contributed by atoms with Gasteiger partial charge in [-0.15, -0.1) is 0 Å². The number of sulfonamides is 1. The SMILES string of the molecule is COc1ccc(S(=O)(=O)NC(=O)c2cnn(-c3ccccc3C)c2C)cc1C. The second kappa shape index (κ2) is 7.47. The van der Waals surface area contributed by atoms with Gasteiger partial charge in [0.2, 0.25) is 0 Å². The Bertz CT molecular complexity index is 1150. The number of hydrogen-bond donors (Lipinski definition) is 1. The number of nitrogens with zero attached hydrogens (tertiary/aromatic N) is 2. The number of para-hydroxylation sites is 1. The first-order valence-electron chi connectivity index (χ1n) is 8.57. The summed E-state index contributed by atoms with van der Waals surface area (Å²) in [7, 11) is -2.52. The van der Waals surface area contributed by atoms with E-state index in [-0.39, 0.29) is 10.5 Å². The van der Waals surface area contributed by atoms with Gasteiger partial charge in [0.1, 0.15) is 5.75 Å².